The Morgan fingerprint density at radius 3 is 2.26 bits per heavy atom. The van der Waals surface area contributed by atoms with Crippen LogP contribution in [0.1, 0.15) is 44.7 Å². The van der Waals surface area contributed by atoms with Crippen molar-refractivity contribution in [3.05, 3.63) is 77.9 Å². The number of benzene rings is 3. The zero-order valence-electron chi connectivity index (χ0n) is 23.4. The van der Waals surface area contributed by atoms with Crippen molar-refractivity contribution < 1.29 is 19.4 Å². The summed E-state index contributed by atoms with van der Waals surface area (Å²) in [6, 6.07) is 21.5. The molecule has 1 N–H and O–H groups in total. The number of rotatable bonds is 8. The van der Waals surface area contributed by atoms with Crippen molar-refractivity contribution in [2.75, 3.05) is 26.2 Å². The molecule has 6 heteroatoms. The number of ether oxygens (including phenoxy) is 2. The fourth-order valence-electron chi connectivity index (χ4n) is 5.16. The molecule has 1 aliphatic rings. The summed E-state index contributed by atoms with van der Waals surface area (Å²) >= 11 is 0. The van der Waals surface area contributed by atoms with E-state index >= 15 is 0 Å². The van der Waals surface area contributed by atoms with Crippen LogP contribution in [0.2, 0.25) is 0 Å². The number of nitrogens with zero attached hydrogens (tertiary/aromatic N) is 2. The SMILES string of the molecule is Cc1c(-c2ccc(OC(=O)C(C)(C)C)cc2)n(Cc2ccc(OCCN3CCCC3)cc2)c2ccc(O)cc12. The van der Waals surface area contributed by atoms with E-state index in [0.717, 1.165) is 45.6 Å². The number of esters is 1. The van der Waals surface area contributed by atoms with Gasteiger partial charge in [-0.15, -0.1) is 0 Å². The van der Waals surface area contributed by atoms with Gasteiger partial charge in [-0.3, -0.25) is 9.69 Å². The number of fused-ring (bicyclic) bond motifs is 1. The molecule has 0 amide bonds. The van der Waals surface area contributed by atoms with E-state index in [0.29, 0.717) is 18.9 Å². The molecule has 0 unspecified atom stereocenters. The maximum absolute atomic E-state index is 12.3. The first-order chi connectivity index (χ1) is 18.7. The Morgan fingerprint density at radius 1 is 0.923 bits per heavy atom. The number of hydrogen-bond acceptors (Lipinski definition) is 5. The minimum Gasteiger partial charge on any atom is -0.508 e. The van der Waals surface area contributed by atoms with Crippen LogP contribution in [0.15, 0.2) is 66.7 Å². The topological polar surface area (TPSA) is 63.9 Å². The lowest BCUT2D eigenvalue weighted by Gasteiger charge is -2.17. The van der Waals surface area contributed by atoms with Crippen LogP contribution >= 0.6 is 0 Å². The van der Waals surface area contributed by atoms with Crippen molar-refractivity contribution in [3.8, 4) is 28.5 Å². The summed E-state index contributed by atoms with van der Waals surface area (Å²) in [5.41, 5.74) is 4.80. The van der Waals surface area contributed by atoms with Crippen LogP contribution in [0.4, 0.5) is 0 Å². The Kier molecular flexibility index (Phi) is 7.67. The molecule has 1 saturated heterocycles. The zero-order chi connectivity index (χ0) is 27.6. The number of phenolic OH excluding ortho intramolecular Hbond substituents is 1. The fraction of sp³-hybridized carbons (Fsp3) is 0.364. The highest BCUT2D eigenvalue weighted by atomic mass is 16.5. The normalized spacial score (nSPS) is 14.2. The molecule has 0 atom stereocenters. The third kappa shape index (κ3) is 6.12. The largest absolute Gasteiger partial charge is 0.508 e. The van der Waals surface area contributed by atoms with E-state index in [1.165, 1.54) is 25.9 Å². The average Bonchev–Trinajstić information content (AvgIpc) is 3.51. The Balaban J connectivity index is 1.39. The van der Waals surface area contributed by atoms with E-state index in [4.69, 9.17) is 9.47 Å². The van der Waals surface area contributed by atoms with E-state index in [1.54, 1.807) is 6.07 Å². The molecular formula is C33H38N2O4. The van der Waals surface area contributed by atoms with Gasteiger partial charge >= 0.3 is 5.97 Å². The summed E-state index contributed by atoms with van der Waals surface area (Å²) in [4.78, 5) is 14.8. The van der Waals surface area contributed by atoms with Gasteiger partial charge in [0, 0.05) is 24.0 Å². The summed E-state index contributed by atoms with van der Waals surface area (Å²) in [5, 5.41) is 11.2. The van der Waals surface area contributed by atoms with E-state index in [2.05, 4.69) is 28.5 Å². The highest BCUT2D eigenvalue weighted by Crippen LogP contribution is 2.36. The maximum atomic E-state index is 12.3. The van der Waals surface area contributed by atoms with Gasteiger partial charge in [0.2, 0.25) is 0 Å². The van der Waals surface area contributed by atoms with Gasteiger partial charge in [0.15, 0.2) is 0 Å². The van der Waals surface area contributed by atoms with Gasteiger partial charge in [-0.1, -0.05) is 12.1 Å². The average molecular weight is 527 g/mol. The number of aromatic hydroxyl groups is 1. The Bertz CT molecular complexity index is 1440. The van der Waals surface area contributed by atoms with Gasteiger partial charge in [-0.05, 0) is 125 Å². The summed E-state index contributed by atoms with van der Waals surface area (Å²) in [5.74, 6) is 1.39. The molecule has 5 rings (SSSR count). The molecule has 2 heterocycles. The molecule has 0 spiro atoms. The van der Waals surface area contributed by atoms with Gasteiger partial charge in [-0.2, -0.15) is 0 Å². The lowest BCUT2D eigenvalue weighted by Crippen LogP contribution is -2.25. The van der Waals surface area contributed by atoms with Crippen LogP contribution < -0.4 is 9.47 Å². The van der Waals surface area contributed by atoms with Crippen LogP contribution in [-0.2, 0) is 11.3 Å². The Hall–Kier alpha value is -3.77. The van der Waals surface area contributed by atoms with Crippen LogP contribution in [0, 0.1) is 12.3 Å². The molecule has 0 saturated carbocycles. The van der Waals surface area contributed by atoms with Crippen LogP contribution in [0.3, 0.4) is 0 Å². The fourth-order valence-corrected chi connectivity index (χ4v) is 5.16. The molecular weight excluding hydrogens is 488 g/mol. The lowest BCUT2D eigenvalue weighted by atomic mass is 9.97. The third-order valence-corrected chi connectivity index (χ3v) is 7.39. The maximum Gasteiger partial charge on any atom is 0.316 e. The molecule has 6 nitrogen and oxygen atoms in total. The molecule has 39 heavy (non-hydrogen) atoms. The van der Waals surface area contributed by atoms with Crippen molar-refractivity contribution in [2.24, 2.45) is 5.41 Å². The Morgan fingerprint density at radius 2 is 1.59 bits per heavy atom. The molecule has 1 fully saturated rings. The lowest BCUT2D eigenvalue weighted by molar-refractivity contribution is -0.142. The standard InChI is InChI=1S/C33H38N2O4/c1-23-29-21-26(36)11-16-30(29)35(31(23)25-9-14-28(15-10-25)39-32(37)33(2,3)4)22-24-7-12-27(13-8-24)38-20-19-34-17-5-6-18-34/h7-16,21,36H,5-6,17-20,22H2,1-4H3. The molecule has 0 radical (unpaired) electrons. The molecule has 0 bridgehead atoms. The predicted octanol–water partition coefficient (Wildman–Crippen LogP) is 6.80. The summed E-state index contributed by atoms with van der Waals surface area (Å²) in [6.07, 6.45) is 2.58. The van der Waals surface area contributed by atoms with Gasteiger partial charge in [0.1, 0.15) is 23.9 Å². The first-order valence-corrected chi connectivity index (χ1v) is 13.8. The highest BCUT2D eigenvalue weighted by molar-refractivity contribution is 5.92. The second kappa shape index (κ2) is 11.1. The van der Waals surface area contributed by atoms with E-state index in [-0.39, 0.29) is 11.7 Å². The monoisotopic (exact) mass is 526 g/mol. The van der Waals surface area contributed by atoms with Gasteiger partial charge < -0.3 is 19.1 Å². The molecule has 204 valence electrons. The van der Waals surface area contributed by atoms with E-state index in [9.17, 15) is 9.90 Å². The number of aromatic nitrogens is 1. The minimum atomic E-state index is -0.571. The van der Waals surface area contributed by atoms with Crippen molar-refractivity contribution in [3.63, 3.8) is 0 Å². The van der Waals surface area contributed by atoms with Crippen molar-refractivity contribution >= 4 is 16.9 Å². The second-order valence-electron chi connectivity index (χ2n) is 11.5. The van der Waals surface area contributed by atoms with Crippen LogP contribution in [0.25, 0.3) is 22.2 Å². The highest BCUT2D eigenvalue weighted by Gasteiger charge is 2.24. The number of likely N-dealkylation sites (tertiary alicyclic amines) is 1. The molecule has 3 aromatic carbocycles. The number of carbonyl (C=O) groups is 1. The first-order valence-electron chi connectivity index (χ1n) is 13.8. The smallest absolute Gasteiger partial charge is 0.316 e. The first kappa shape index (κ1) is 26.8. The summed E-state index contributed by atoms with van der Waals surface area (Å²) in [6.45, 7) is 12.3. The van der Waals surface area contributed by atoms with Crippen molar-refractivity contribution in [2.45, 2.75) is 47.1 Å². The second-order valence-corrected chi connectivity index (χ2v) is 11.5. The van der Waals surface area contributed by atoms with Gasteiger partial charge in [0.05, 0.1) is 11.1 Å². The number of aryl methyl sites for hydroxylation is 1. The number of carbonyl (C=O) groups excluding carboxylic acids is 1. The Labute approximate surface area is 230 Å². The van der Waals surface area contributed by atoms with E-state index < -0.39 is 5.41 Å². The summed E-state index contributed by atoms with van der Waals surface area (Å²) in [7, 11) is 0. The van der Waals surface area contributed by atoms with Gasteiger partial charge in [-0.25, -0.2) is 0 Å². The van der Waals surface area contributed by atoms with Crippen LogP contribution in [-0.4, -0.2) is 46.8 Å². The predicted molar refractivity (Wildman–Crippen MR) is 156 cm³/mol. The zero-order valence-corrected chi connectivity index (χ0v) is 23.4. The molecule has 1 aromatic heterocycles. The van der Waals surface area contributed by atoms with E-state index in [1.807, 2.05) is 69.3 Å². The van der Waals surface area contributed by atoms with Gasteiger partial charge in [0.25, 0.3) is 0 Å². The molecule has 1 aliphatic heterocycles. The van der Waals surface area contributed by atoms with Crippen molar-refractivity contribution in [1.82, 2.24) is 9.47 Å². The number of hydrogen-bond donors (Lipinski definition) is 1. The molecule has 0 aliphatic carbocycles. The van der Waals surface area contributed by atoms with Crippen molar-refractivity contribution in [1.29, 1.82) is 0 Å². The third-order valence-electron chi connectivity index (χ3n) is 7.39. The number of phenols is 1. The minimum absolute atomic E-state index is 0.245. The summed E-state index contributed by atoms with van der Waals surface area (Å²) < 4.78 is 13.9. The van der Waals surface area contributed by atoms with Crippen LogP contribution in [0.5, 0.6) is 17.2 Å². The molecule has 4 aromatic rings. The quantitative estimate of drug-likeness (QED) is 0.202.